The Morgan fingerprint density at radius 1 is 1.20 bits per heavy atom. The van der Waals surface area contributed by atoms with Crippen molar-refractivity contribution in [1.29, 1.82) is 0 Å². The molecule has 0 spiro atoms. The maximum Gasteiger partial charge on any atom is 0.0178 e. The predicted molar refractivity (Wildman–Crippen MR) is 90.8 cm³/mol. The molecule has 0 saturated heterocycles. The highest BCUT2D eigenvalue weighted by atomic mass is 79.9. The van der Waals surface area contributed by atoms with Crippen molar-refractivity contribution in [3.8, 4) is 0 Å². The minimum absolute atomic E-state index is 0.457. The highest BCUT2D eigenvalue weighted by Crippen LogP contribution is 2.44. The van der Waals surface area contributed by atoms with E-state index in [0.717, 1.165) is 22.9 Å². The van der Waals surface area contributed by atoms with E-state index in [1.807, 2.05) is 0 Å². The van der Waals surface area contributed by atoms with E-state index in [0.29, 0.717) is 11.3 Å². The van der Waals surface area contributed by atoms with Crippen LogP contribution in [0.25, 0.3) is 0 Å². The van der Waals surface area contributed by atoms with Gasteiger partial charge < -0.3 is 5.73 Å². The fourth-order valence-electron chi connectivity index (χ4n) is 3.73. The molecule has 1 atom stereocenters. The Morgan fingerprint density at radius 2 is 1.85 bits per heavy atom. The van der Waals surface area contributed by atoms with Crippen LogP contribution in [0.1, 0.15) is 57.9 Å². The molecule has 0 radical (unpaired) electrons. The van der Waals surface area contributed by atoms with Gasteiger partial charge in [-0.1, -0.05) is 48.8 Å². The summed E-state index contributed by atoms with van der Waals surface area (Å²) < 4.78 is 1.16. The minimum atomic E-state index is 0.457. The van der Waals surface area contributed by atoms with Gasteiger partial charge in [-0.3, -0.25) is 0 Å². The Balaban J connectivity index is 2.04. The van der Waals surface area contributed by atoms with Gasteiger partial charge in [-0.2, -0.15) is 0 Å². The highest BCUT2D eigenvalue weighted by Gasteiger charge is 2.32. The van der Waals surface area contributed by atoms with Crippen LogP contribution in [-0.4, -0.2) is 6.54 Å². The van der Waals surface area contributed by atoms with Gasteiger partial charge in [-0.25, -0.2) is 0 Å². The summed E-state index contributed by atoms with van der Waals surface area (Å²) in [6.07, 6.45) is 5.38. The van der Waals surface area contributed by atoms with Crippen LogP contribution in [0.4, 0.5) is 0 Å². The Hall–Kier alpha value is -0.340. The molecule has 0 aliphatic heterocycles. The van der Waals surface area contributed by atoms with E-state index in [1.54, 1.807) is 0 Å². The van der Waals surface area contributed by atoms with Crippen LogP contribution in [0.5, 0.6) is 0 Å². The average molecular weight is 338 g/mol. The molecule has 1 unspecified atom stereocenters. The van der Waals surface area contributed by atoms with Gasteiger partial charge in [0.25, 0.3) is 0 Å². The molecule has 20 heavy (non-hydrogen) atoms. The van der Waals surface area contributed by atoms with Gasteiger partial charge in [0.15, 0.2) is 0 Å². The third-order valence-corrected chi connectivity index (χ3v) is 5.59. The molecule has 2 rings (SSSR count). The summed E-state index contributed by atoms with van der Waals surface area (Å²) in [7, 11) is 0. The van der Waals surface area contributed by atoms with Crippen LogP contribution in [0.15, 0.2) is 28.7 Å². The van der Waals surface area contributed by atoms with Gasteiger partial charge >= 0.3 is 0 Å². The smallest absolute Gasteiger partial charge is 0.0178 e. The van der Waals surface area contributed by atoms with E-state index in [-0.39, 0.29) is 0 Å². The number of benzene rings is 1. The lowest BCUT2D eigenvalue weighted by molar-refractivity contribution is 0.140. The Morgan fingerprint density at radius 3 is 2.35 bits per heavy atom. The third kappa shape index (κ3) is 3.85. The van der Waals surface area contributed by atoms with E-state index in [9.17, 15) is 0 Å². The number of hydrogen-bond donors (Lipinski definition) is 1. The zero-order valence-corrected chi connectivity index (χ0v) is 14.6. The van der Waals surface area contributed by atoms with Crippen LogP contribution >= 0.6 is 15.9 Å². The van der Waals surface area contributed by atoms with Crippen molar-refractivity contribution in [2.75, 3.05) is 6.54 Å². The van der Waals surface area contributed by atoms with E-state index in [4.69, 9.17) is 5.73 Å². The Labute approximate surface area is 132 Å². The second-order valence-electron chi connectivity index (χ2n) is 7.37. The average Bonchev–Trinajstić information content (AvgIpc) is 2.39. The molecule has 1 aliphatic carbocycles. The fraction of sp³-hybridized carbons (Fsp3) is 0.667. The standard InChI is InChI=1S/C18H28BrN/c1-18(2,3)15-9-7-13(8-10-15)17(12-20)14-5-4-6-16(19)11-14/h4-6,11,13,15,17H,7-10,12,20H2,1-3H3. The molecule has 2 heteroatoms. The molecule has 1 nitrogen and oxygen atoms in total. The van der Waals surface area contributed by atoms with Crippen molar-refractivity contribution in [2.45, 2.75) is 52.4 Å². The molecule has 1 aliphatic rings. The van der Waals surface area contributed by atoms with Crippen LogP contribution < -0.4 is 5.73 Å². The summed E-state index contributed by atoms with van der Waals surface area (Å²) in [6.45, 7) is 7.91. The van der Waals surface area contributed by atoms with Crippen molar-refractivity contribution in [3.63, 3.8) is 0 Å². The molecule has 112 valence electrons. The lowest BCUT2D eigenvalue weighted by Crippen LogP contribution is -2.30. The molecule has 0 bridgehead atoms. The normalized spacial score (nSPS) is 25.4. The first-order valence-corrected chi connectivity index (χ1v) is 8.66. The van der Waals surface area contributed by atoms with Crippen LogP contribution in [0.2, 0.25) is 0 Å². The van der Waals surface area contributed by atoms with Gasteiger partial charge in [0.1, 0.15) is 0 Å². The lowest BCUT2D eigenvalue weighted by Gasteiger charge is -2.39. The van der Waals surface area contributed by atoms with Gasteiger partial charge in [0, 0.05) is 4.47 Å². The summed E-state index contributed by atoms with van der Waals surface area (Å²) in [5.74, 6) is 2.15. The molecule has 0 amide bonds. The number of halogens is 1. The largest absolute Gasteiger partial charge is 0.330 e. The SMILES string of the molecule is CC(C)(C)C1CCC(C(CN)c2cccc(Br)c2)CC1. The van der Waals surface area contributed by atoms with E-state index < -0.39 is 0 Å². The summed E-state index contributed by atoms with van der Waals surface area (Å²) in [5.41, 5.74) is 7.95. The van der Waals surface area contributed by atoms with E-state index >= 15 is 0 Å². The summed E-state index contributed by atoms with van der Waals surface area (Å²) >= 11 is 3.58. The second-order valence-corrected chi connectivity index (χ2v) is 8.29. The Kier molecular flexibility index (Phi) is 5.30. The predicted octanol–water partition coefficient (Wildman–Crippen LogP) is 5.34. The topological polar surface area (TPSA) is 26.0 Å². The maximum absolute atomic E-state index is 6.09. The molecular formula is C18H28BrN. The Bertz CT molecular complexity index is 427. The summed E-state index contributed by atoms with van der Waals surface area (Å²) in [5, 5.41) is 0. The van der Waals surface area contributed by atoms with Gasteiger partial charge in [0.05, 0.1) is 0 Å². The fourth-order valence-corrected chi connectivity index (χ4v) is 4.14. The molecule has 0 heterocycles. The highest BCUT2D eigenvalue weighted by molar-refractivity contribution is 9.10. The zero-order valence-electron chi connectivity index (χ0n) is 13.0. The van der Waals surface area contributed by atoms with Gasteiger partial charge in [-0.05, 0) is 73.1 Å². The van der Waals surface area contributed by atoms with Gasteiger partial charge in [0.2, 0.25) is 0 Å². The number of hydrogen-bond acceptors (Lipinski definition) is 1. The third-order valence-electron chi connectivity index (χ3n) is 5.10. The monoisotopic (exact) mass is 337 g/mol. The first-order chi connectivity index (χ1) is 9.41. The molecule has 1 aromatic rings. The summed E-state index contributed by atoms with van der Waals surface area (Å²) in [6, 6.07) is 8.70. The van der Waals surface area contributed by atoms with E-state index in [2.05, 4.69) is 61.0 Å². The maximum atomic E-state index is 6.09. The zero-order chi connectivity index (χ0) is 14.8. The van der Waals surface area contributed by atoms with Crippen molar-refractivity contribution < 1.29 is 0 Å². The summed E-state index contributed by atoms with van der Waals surface area (Å²) in [4.78, 5) is 0. The molecule has 2 N–H and O–H groups in total. The lowest BCUT2D eigenvalue weighted by atomic mass is 9.66. The molecule has 1 fully saturated rings. The van der Waals surface area contributed by atoms with Crippen molar-refractivity contribution in [1.82, 2.24) is 0 Å². The van der Waals surface area contributed by atoms with Gasteiger partial charge in [-0.15, -0.1) is 0 Å². The van der Waals surface area contributed by atoms with Crippen LogP contribution in [0.3, 0.4) is 0 Å². The van der Waals surface area contributed by atoms with Crippen molar-refractivity contribution in [2.24, 2.45) is 23.0 Å². The molecule has 0 aromatic heterocycles. The molecular weight excluding hydrogens is 310 g/mol. The van der Waals surface area contributed by atoms with Crippen LogP contribution in [0, 0.1) is 17.3 Å². The minimum Gasteiger partial charge on any atom is -0.330 e. The quantitative estimate of drug-likeness (QED) is 0.790. The molecule has 1 aromatic carbocycles. The van der Waals surface area contributed by atoms with Crippen LogP contribution in [-0.2, 0) is 0 Å². The van der Waals surface area contributed by atoms with Crippen molar-refractivity contribution in [3.05, 3.63) is 34.3 Å². The number of nitrogens with two attached hydrogens (primary N) is 1. The van der Waals surface area contributed by atoms with E-state index in [1.165, 1.54) is 31.2 Å². The second kappa shape index (κ2) is 6.62. The first-order valence-electron chi connectivity index (χ1n) is 7.87. The molecule has 1 saturated carbocycles. The number of rotatable bonds is 3. The first kappa shape index (κ1) is 16.0. The van der Waals surface area contributed by atoms with Crippen molar-refractivity contribution >= 4 is 15.9 Å².